The predicted molar refractivity (Wildman–Crippen MR) is 79.9 cm³/mol. The molecule has 0 aliphatic carbocycles. The van der Waals surface area contributed by atoms with Gasteiger partial charge in [-0.1, -0.05) is 19.1 Å². The van der Waals surface area contributed by atoms with Gasteiger partial charge in [-0.15, -0.1) is 0 Å². The molecule has 21 heavy (non-hydrogen) atoms. The minimum Gasteiger partial charge on any atom is -0.398 e. The Balaban J connectivity index is 2.78. The van der Waals surface area contributed by atoms with Gasteiger partial charge in [0, 0.05) is 17.9 Å². The normalized spacial score (nSPS) is 12.1. The molecule has 0 spiro atoms. The molecule has 1 rings (SSSR count). The topological polar surface area (TPSA) is 108 Å². The smallest absolute Gasteiger partial charge is 0.263 e. The maximum atomic E-state index is 11.9. The summed E-state index contributed by atoms with van der Waals surface area (Å²) in [5.41, 5.74) is 6.12. The largest absolute Gasteiger partial charge is 0.398 e. The van der Waals surface area contributed by atoms with Gasteiger partial charge in [-0.2, -0.15) is 5.26 Å². The molecular weight excluding hydrogens is 268 g/mol. The molecule has 6 heteroatoms. The van der Waals surface area contributed by atoms with Crippen LogP contribution in [0.25, 0.3) is 0 Å². The summed E-state index contributed by atoms with van der Waals surface area (Å²) in [6, 6.07) is 8.25. The van der Waals surface area contributed by atoms with Crippen molar-refractivity contribution in [3.8, 4) is 6.07 Å². The molecule has 0 saturated carbocycles. The van der Waals surface area contributed by atoms with Crippen LogP contribution in [-0.4, -0.2) is 17.9 Å². The Morgan fingerprint density at radius 1 is 1.43 bits per heavy atom. The van der Waals surface area contributed by atoms with E-state index in [1.165, 1.54) is 0 Å². The molecule has 1 aromatic carbocycles. The Bertz CT molecular complexity index is 602. The molecular formula is C15H18N4O2. The quantitative estimate of drug-likeness (QED) is 0.431. The fourth-order valence-electron chi connectivity index (χ4n) is 1.47. The van der Waals surface area contributed by atoms with E-state index in [4.69, 9.17) is 11.0 Å². The molecule has 0 fully saturated rings. The van der Waals surface area contributed by atoms with Crippen molar-refractivity contribution in [2.24, 2.45) is 0 Å². The number of para-hydroxylation sites is 1. The maximum absolute atomic E-state index is 11.9. The summed E-state index contributed by atoms with van der Waals surface area (Å²) in [4.78, 5) is 23.7. The van der Waals surface area contributed by atoms with Crippen molar-refractivity contribution >= 4 is 17.5 Å². The molecule has 0 radical (unpaired) electrons. The number of nitriles is 1. The second kappa shape index (κ2) is 7.70. The lowest BCUT2D eigenvalue weighted by atomic mass is 10.1. The van der Waals surface area contributed by atoms with Gasteiger partial charge in [0.2, 0.25) is 0 Å². The summed E-state index contributed by atoms with van der Waals surface area (Å²) in [5, 5.41) is 14.0. The molecule has 0 bridgehead atoms. The zero-order valence-corrected chi connectivity index (χ0v) is 12.0. The summed E-state index contributed by atoms with van der Waals surface area (Å²) in [7, 11) is 0. The lowest BCUT2D eigenvalue weighted by molar-refractivity contribution is -0.117. The van der Waals surface area contributed by atoms with Crippen molar-refractivity contribution < 1.29 is 9.59 Å². The molecule has 1 aromatic rings. The highest BCUT2D eigenvalue weighted by Gasteiger charge is 2.13. The molecule has 6 nitrogen and oxygen atoms in total. The Kier molecular flexibility index (Phi) is 5.96. The van der Waals surface area contributed by atoms with E-state index in [-0.39, 0.29) is 17.2 Å². The maximum Gasteiger partial charge on any atom is 0.263 e. The molecule has 4 N–H and O–H groups in total. The number of rotatable bonds is 5. The molecule has 0 aliphatic rings. The van der Waals surface area contributed by atoms with Gasteiger partial charge in [0.15, 0.2) is 0 Å². The monoisotopic (exact) mass is 286 g/mol. The van der Waals surface area contributed by atoms with Gasteiger partial charge in [0.25, 0.3) is 11.8 Å². The second-order valence-electron chi connectivity index (χ2n) is 4.51. The van der Waals surface area contributed by atoms with Gasteiger partial charge in [0.1, 0.15) is 11.6 Å². The van der Waals surface area contributed by atoms with Crippen LogP contribution in [0.3, 0.4) is 0 Å². The zero-order valence-electron chi connectivity index (χ0n) is 12.0. The summed E-state index contributed by atoms with van der Waals surface area (Å²) >= 11 is 0. The molecule has 1 unspecified atom stereocenters. The van der Waals surface area contributed by atoms with Crippen molar-refractivity contribution in [3.63, 3.8) is 0 Å². The lowest BCUT2D eigenvalue weighted by Crippen LogP contribution is -2.33. The van der Waals surface area contributed by atoms with Gasteiger partial charge in [0.05, 0.1) is 5.56 Å². The number of anilines is 1. The number of hydrogen-bond acceptors (Lipinski definition) is 4. The van der Waals surface area contributed by atoms with Gasteiger partial charge in [-0.3, -0.25) is 9.59 Å². The van der Waals surface area contributed by atoms with Crippen LogP contribution < -0.4 is 16.4 Å². The van der Waals surface area contributed by atoms with Crippen LogP contribution in [0, 0.1) is 11.3 Å². The van der Waals surface area contributed by atoms with Crippen LogP contribution >= 0.6 is 0 Å². The molecule has 0 aromatic heterocycles. The van der Waals surface area contributed by atoms with E-state index in [1.807, 2.05) is 13.8 Å². The number of hydrogen-bond donors (Lipinski definition) is 3. The van der Waals surface area contributed by atoms with E-state index in [0.29, 0.717) is 5.69 Å². The van der Waals surface area contributed by atoms with Gasteiger partial charge >= 0.3 is 0 Å². The Labute approximate surface area is 123 Å². The number of nitrogens with zero attached hydrogens (tertiary/aromatic N) is 1. The third-order valence-electron chi connectivity index (χ3n) is 2.91. The van der Waals surface area contributed by atoms with Crippen LogP contribution in [0.5, 0.6) is 0 Å². The lowest BCUT2D eigenvalue weighted by Gasteiger charge is -2.10. The molecule has 1 atom stereocenters. The molecule has 110 valence electrons. The Hall–Kier alpha value is -2.81. The molecule has 0 aliphatic heterocycles. The van der Waals surface area contributed by atoms with E-state index >= 15 is 0 Å². The molecule has 0 heterocycles. The van der Waals surface area contributed by atoms with Gasteiger partial charge < -0.3 is 16.4 Å². The van der Waals surface area contributed by atoms with Crippen molar-refractivity contribution in [1.82, 2.24) is 10.6 Å². The van der Waals surface area contributed by atoms with Crippen LogP contribution in [0.2, 0.25) is 0 Å². The number of nitrogens with one attached hydrogen (secondary N) is 2. The van der Waals surface area contributed by atoms with Crippen molar-refractivity contribution in [1.29, 1.82) is 5.26 Å². The summed E-state index contributed by atoms with van der Waals surface area (Å²) in [6.45, 7) is 3.75. The van der Waals surface area contributed by atoms with Crippen LogP contribution in [-0.2, 0) is 4.79 Å². The van der Waals surface area contributed by atoms with Crippen molar-refractivity contribution in [3.05, 3.63) is 41.6 Å². The van der Waals surface area contributed by atoms with E-state index in [9.17, 15) is 9.59 Å². The van der Waals surface area contributed by atoms with Crippen molar-refractivity contribution in [2.75, 3.05) is 5.73 Å². The first-order valence-electron chi connectivity index (χ1n) is 6.56. The SMILES string of the molecule is CCC(C)NC(=O)/C(C#N)=C\NC(=O)c1ccccc1N. The number of carbonyl (C=O) groups is 2. The van der Waals surface area contributed by atoms with E-state index in [1.54, 1.807) is 30.3 Å². The predicted octanol–water partition coefficient (Wildman–Crippen LogP) is 1.32. The standard InChI is InChI=1S/C15H18N4O2/c1-3-10(2)19-14(20)11(8-16)9-18-15(21)12-6-4-5-7-13(12)17/h4-7,9-10H,3,17H2,1-2H3,(H,18,21)(H,19,20)/b11-9-. The van der Waals surface area contributed by atoms with Crippen LogP contribution in [0.4, 0.5) is 5.69 Å². The zero-order chi connectivity index (χ0) is 15.8. The highest BCUT2D eigenvalue weighted by Crippen LogP contribution is 2.09. The van der Waals surface area contributed by atoms with E-state index in [2.05, 4.69) is 10.6 Å². The minimum atomic E-state index is -0.520. The fourth-order valence-corrected chi connectivity index (χ4v) is 1.47. The molecule has 2 amide bonds. The third kappa shape index (κ3) is 4.66. The first-order valence-corrected chi connectivity index (χ1v) is 6.56. The second-order valence-corrected chi connectivity index (χ2v) is 4.51. The summed E-state index contributed by atoms with van der Waals surface area (Å²) < 4.78 is 0. The van der Waals surface area contributed by atoms with Crippen molar-refractivity contribution in [2.45, 2.75) is 26.3 Å². The van der Waals surface area contributed by atoms with E-state index < -0.39 is 11.8 Å². The number of nitrogen functional groups attached to an aromatic ring is 1. The van der Waals surface area contributed by atoms with Crippen LogP contribution in [0.1, 0.15) is 30.6 Å². The number of amides is 2. The number of benzene rings is 1. The summed E-state index contributed by atoms with van der Waals surface area (Å²) in [6.07, 6.45) is 1.84. The average Bonchev–Trinajstić information content (AvgIpc) is 2.47. The highest BCUT2D eigenvalue weighted by atomic mass is 16.2. The highest BCUT2D eigenvalue weighted by molar-refractivity contribution is 6.01. The minimum absolute atomic E-state index is 0.0466. The van der Waals surface area contributed by atoms with Gasteiger partial charge in [-0.25, -0.2) is 0 Å². The first-order chi connectivity index (χ1) is 9.99. The third-order valence-corrected chi connectivity index (χ3v) is 2.91. The fraction of sp³-hybridized carbons (Fsp3) is 0.267. The van der Waals surface area contributed by atoms with Gasteiger partial charge in [-0.05, 0) is 25.5 Å². The Morgan fingerprint density at radius 3 is 2.67 bits per heavy atom. The molecule has 0 saturated heterocycles. The summed E-state index contributed by atoms with van der Waals surface area (Å²) in [5.74, 6) is -0.995. The number of nitrogens with two attached hydrogens (primary N) is 1. The van der Waals surface area contributed by atoms with Crippen LogP contribution in [0.15, 0.2) is 36.0 Å². The average molecular weight is 286 g/mol. The Morgan fingerprint density at radius 2 is 2.10 bits per heavy atom. The first kappa shape index (κ1) is 16.2. The van der Waals surface area contributed by atoms with E-state index in [0.717, 1.165) is 12.6 Å². The number of carbonyl (C=O) groups excluding carboxylic acids is 2.